The molecule has 1 heterocycles. The largest absolute Gasteiger partial charge is 0.378 e. The monoisotopic (exact) mass is 268 g/mol. The van der Waals surface area contributed by atoms with Gasteiger partial charge in [-0.15, -0.1) is 0 Å². The van der Waals surface area contributed by atoms with Gasteiger partial charge in [0, 0.05) is 25.7 Å². The van der Waals surface area contributed by atoms with Crippen LogP contribution < -0.4 is 10.2 Å². The molecule has 0 amide bonds. The first-order valence-electron chi connectivity index (χ1n) is 6.52. The maximum atomic E-state index is 6.37. The lowest BCUT2D eigenvalue weighted by Gasteiger charge is -2.31. The highest BCUT2D eigenvalue weighted by Crippen LogP contribution is 2.30. The smallest absolute Gasteiger partial charge is 0.0642 e. The third-order valence-electron chi connectivity index (χ3n) is 3.10. The van der Waals surface area contributed by atoms with E-state index in [2.05, 4.69) is 30.1 Å². The Labute approximate surface area is 114 Å². The Morgan fingerprint density at radius 3 is 2.72 bits per heavy atom. The minimum atomic E-state index is 0.474. The molecule has 100 valence electrons. The third-order valence-corrected chi connectivity index (χ3v) is 3.40. The number of para-hydroxylation sites is 1. The van der Waals surface area contributed by atoms with Gasteiger partial charge >= 0.3 is 0 Å². The molecule has 0 spiro atoms. The van der Waals surface area contributed by atoms with E-state index < -0.39 is 0 Å². The summed E-state index contributed by atoms with van der Waals surface area (Å²) < 4.78 is 5.40. The second-order valence-electron chi connectivity index (χ2n) is 4.88. The molecule has 1 aromatic carbocycles. The molecule has 1 aliphatic heterocycles. The van der Waals surface area contributed by atoms with Crippen LogP contribution in [0.1, 0.15) is 19.4 Å². The van der Waals surface area contributed by atoms with E-state index in [0.717, 1.165) is 43.6 Å². The van der Waals surface area contributed by atoms with Crippen LogP contribution >= 0.6 is 11.6 Å². The Morgan fingerprint density at radius 1 is 1.33 bits per heavy atom. The maximum Gasteiger partial charge on any atom is 0.0642 e. The SMILES string of the molecule is CC(C)NCc1cccc(Cl)c1N1CCOCC1. The van der Waals surface area contributed by atoms with Crippen molar-refractivity contribution in [1.29, 1.82) is 0 Å². The fraction of sp³-hybridized carbons (Fsp3) is 0.571. The fourth-order valence-corrected chi connectivity index (χ4v) is 2.47. The quantitative estimate of drug-likeness (QED) is 0.909. The van der Waals surface area contributed by atoms with Crippen LogP contribution in [0.5, 0.6) is 0 Å². The van der Waals surface area contributed by atoms with Gasteiger partial charge in [-0.25, -0.2) is 0 Å². The van der Waals surface area contributed by atoms with E-state index in [1.54, 1.807) is 0 Å². The molecule has 0 aromatic heterocycles. The number of morpholine rings is 1. The number of halogens is 1. The van der Waals surface area contributed by atoms with Crippen molar-refractivity contribution in [1.82, 2.24) is 5.32 Å². The van der Waals surface area contributed by atoms with E-state index in [1.165, 1.54) is 5.56 Å². The third kappa shape index (κ3) is 3.37. The number of nitrogens with zero attached hydrogens (tertiary/aromatic N) is 1. The van der Waals surface area contributed by atoms with Crippen molar-refractivity contribution >= 4 is 17.3 Å². The van der Waals surface area contributed by atoms with Crippen molar-refractivity contribution in [3.8, 4) is 0 Å². The van der Waals surface area contributed by atoms with Crippen molar-refractivity contribution < 1.29 is 4.74 Å². The second-order valence-corrected chi connectivity index (χ2v) is 5.29. The van der Waals surface area contributed by atoms with Gasteiger partial charge in [-0.1, -0.05) is 37.6 Å². The molecule has 1 fully saturated rings. The van der Waals surface area contributed by atoms with Crippen LogP contribution in [0.15, 0.2) is 18.2 Å². The molecule has 4 heteroatoms. The van der Waals surface area contributed by atoms with Gasteiger partial charge in [0.1, 0.15) is 0 Å². The molecule has 0 atom stereocenters. The zero-order valence-electron chi connectivity index (χ0n) is 11.1. The Balaban J connectivity index is 2.19. The molecule has 0 bridgehead atoms. The topological polar surface area (TPSA) is 24.5 Å². The summed E-state index contributed by atoms with van der Waals surface area (Å²) in [6.45, 7) is 8.55. The van der Waals surface area contributed by atoms with Crippen LogP contribution in [-0.2, 0) is 11.3 Å². The van der Waals surface area contributed by atoms with Crippen molar-refractivity contribution in [2.45, 2.75) is 26.4 Å². The molecule has 1 saturated heterocycles. The maximum absolute atomic E-state index is 6.37. The molecule has 1 aliphatic rings. The van der Waals surface area contributed by atoms with Crippen LogP contribution in [0.25, 0.3) is 0 Å². The van der Waals surface area contributed by atoms with E-state index in [9.17, 15) is 0 Å². The summed E-state index contributed by atoms with van der Waals surface area (Å²) >= 11 is 6.37. The molecular weight excluding hydrogens is 248 g/mol. The Kier molecular flexibility index (Phi) is 4.87. The minimum Gasteiger partial charge on any atom is -0.378 e. The van der Waals surface area contributed by atoms with Crippen LogP contribution in [0.4, 0.5) is 5.69 Å². The Hall–Kier alpha value is -0.770. The summed E-state index contributed by atoms with van der Waals surface area (Å²) in [5, 5.41) is 4.29. The first kappa shape index (κ1) is 13.7. The predicted octanol–water partition coefficient (Wildman–Crippen LogP) is 2.67. The lowest BCUT2D eigenvalue weighted by molar-refractivity contribution is 0.122. The van der Waals surface area contributed by atoms with Crippen LogP contribution in [0.3, 0.4) is 0 Å². The summed E-state index contributed by atoms with van der Waals surface area (Å²) in [5.74, 6) is 0. The minimum absolute atomic E-state index is 0.474. The normalized spacial score (nSPS) is 16.3. The van der Waals surface area contributed by atoms with Gasteiger partial charge in [-0.05, 0) is 11.6 Å². The molecular formula is C14H21ClN2O. The zero-order valence-corrected chi connectivity index (χ0v) is 11.8. The molecule has 18 heavy (non-hydrogen) atoms. The van der Waals surface area contributed by atoms with Crippen molar-refractivity contribution in [3.05, 3.63) is 28.8 Å². The van der Waals surface area contributed by atoms with Gasteiger partial charge in [-0.2, -0.15) is 0 Å². The highest BCUT2D eigenvalue weighted by molar-refractivity contribution is 6.33. The molecule has 1 N–H and O–H groups in total. The molecule has 0 saturated carbocycles. The summed E-state index contributed by atoms with van der Waals surface area (Å²) in [6.07, 6.45) is 0. The first-order chi connectivity index (χ1) is 8.68. The summed E-state index contributed by atoms with van der Waals surface area (Å²) in [7, 11) is 0. The number of hydrogen-bond donors (Lipinski definition) is 1. The number of rotatable bonds is 4. The van der Waals surface area contributed by atoms with Gasteiger partial charge < -0.3 is 15.0 Å². The Morgan fingerprint density at radius 2 is 2.06 bits per heavy atom. The second kappa shape index (κ2) is 6.41. The zero-order chi connectivity index (χ0) is 13.0. The van der Waals surface area contributed by atoms with Crippen LogP contribution in [0.2, 0.25) is 5.02 Å². The highest BCUT2D eigenvalue weighted by atomic mass is 35.5. The molecule has 1 aromatic rings. The van der Waals surface area contributed by atoms with E-state index >= 15 is 0 Å². The van der Waals surface area contributed by atoms with Crippen molar-refractivity contribution in [2.75, 3.05) is 31.2 Å². The van der Waals surface area contributed by atoms with Gasteiger partial charge in [0.15, 0.2) is 0 Å². The molecule has 3 nitrogen and oxygen atoms in total. The first-order valence-corrected chi connectivity index (χ1v) is 6.89. The van der Waals surface area contributed by atoms with Crippen molar-refractivity contribution in [2.24, 2.45) is 0 Å². The molecule has 0 radical (unpaired) electrons. The van der Waals surface area contributed by atoms with Crippen LogP contribution in [-0.4, -0.2) is 32.3 Å². The highest BCUT2D eigenvalue weighted by Gasteiger charge is 2.17. The average molecular weight is 269 g/mol. The van der Waals surface area contributed by atoms with E-state index in [1.807, 2.05) is 12.1 Å². The molecule has 2 rings (SSSR count). The van der Waals surface area contributed by atoms with Crippen molar-refractivity contribution in [3.63, 3.8) is 0 Å². The van der Waals surface area contributed by atoms with Crippen LogP contribution in [0, 0.1) is 0 Å². The van der Waals surface area contributed by atoms with E-state index in [4.69, 9.17) is 16.3 Å². The summed E-state index contributed by atoms with van der Waals surface area (Å²) in [4.78, 5) is 2.32. The molecule has 0 unspecified atom stereocenters. The number of hydrogen-bond acceptors (Lipinski definition) is 3. The predicted molar refractivity (Wildman–Crippen MR) is 76.5 cm³/mol. The number of ether oxygens (including phenoxy) is 1. The van der Waals surface area contributed by atoms with Gasteiger partial charge in [0.2, 0.25) is 0 Å². The standard InChI is InChI=1S/C14H21ClN2O/c1-11(2)16-10-12-4-3-5-13(15)14(12)17-6-8-18-9-7-17/h3-5,11,16H,6-10H2,1-2H3. The van der Waals surface area contributed by atoms with Gasteiger partial charge in [0.25, 0.3) is 0 Å². The Bertz CT molecular complexity index is 389. The average Bonchev–Trinajstić information content (AvgIpc) is 2.37. The lowest BCUT2D eigenvalue weighted by atomic mass is 10.1. The van der Waals surface area contributed by atoms with Gasteiger partial charge in [-0.3, -0.25) is 0 Å². The number of benzene rings is 1. The number of nitrogens with one attached hydrogen (secondary N) is 1. The summed E-state index contributed by atoms with van der Waals surface area (Å²) in [5.41, 5.74) is 2.42. The summed E-state index contributed by atoms with van der Waals surface area (Å²) in [6, 6.07) is 6.60. The van der Waals surface area contributed by atoms with E-state index in [0.29, 0.717) is 6.04 Å². The van der Waals surface area contributed by atoms with Gasteiger partial charge in [0.05, 0.1) is 23.9 Å². The lowest BCUT2D eigenvalue weighted by Crippen LogP contribution is -2.37. The van der Waals surface area contributed by atoms with E-state index in [-0.39, 0.29) is 0 Å². The molecule has 0 aliphatic carbocycles. The fourth-order valence-electron chi connectivity index (χ4n) is 2.16. The number of anilines is 1.